The van der Waals surface area contributed by atoms with Crippen LogP contribution < -0.4 is 0 Å². The van der Waals surface area contributed by atoms with Crippen molar-refractivity contribution in [3.63, 3.8) is 0 Å². The summed E-state index contributed by atoms with van der Waals surface area (Å²) in [6.45, 7) is 0. The molecule has 2 aromatic rings. The maximum atomic E-state index is 11.2. The smallest absolute Gasteiger partial charge is 0.204 e. The summed E-state index contributed by atoms with van der Waals surface area (Å²) in [7, 11) is 0. The van der Waals surface area contributed by atoms with Gasteiger partial charge in [0.15, 0.2) is 0 Å². The van der Waals surface area contributed by atoms with Gasteiger partial charge in [-0.2, -0.15) is 5.10 Å². The molecule has 1 aromatic heterocycles. The minimum Gasteiger partial charge on any atom is -0.288 e. The average molecular weight is 160 g/mol. The van der Waals surface area contributed by atoms with Gasteiger partial charge >= 0.3 is 0 Å². The largest absolute Gasteiger partial charge is 0.288 e. The van der Waals surface area contributed by atoms with E-state index in [0.29, 0.717) is 5.69 Å². The summed E-state index contributed by atoms with van der Waals surface area (Å²) in [5.74, 6) is -0.0528. The fourth-order valence-electron chi connectivity index (χ4n) is 0.979. The fraction of sp³-hybridized carbons (Fsp3) is 0. The predicted octanol–water partition coefficient (Wildman–Crippen LogP) is 1.41. The van der Waals surface area contributed by atoms with E-state index in [1.165, 1.54) is 23.4 Å². The van der Waals surface area contributed by atoms with Crippen molar-refractivity contribution in [1.29, 1.82) is 0 Å². The van der Waals surface area contributed by atoms with Gasteiger partial charge in [-0.15, -0.1) is 0 Å². The van der Waals surface area contributed by atoms with E-state index in [4.69, 9.17) is 0 Å². The molecule has 0 aliphatic carbocycles. The molecule has 1 heterocycles. The fourth-order valence-corrected chi connectivity index (χ4v) is 0.979. The van der Waals surface area contributed by atoms with E-state index in [9.17, 15) is 5.11 Å². The minimum atomic E-state index is -0.0528. The molecule has 0 aliphatic heterocycles. The Morgan fingerprint density at radius 1 is 1.25 bits per heavy atom. The second-order valence-electron chi connectivity index (χ2n) is 2.31. The number of hydrogen-bond donors (Lipinski definition) is 0. The first-order valence-corrected chi connectivity index (χ1v) is 3.49. The summed E-state index contributed by atoms with van der Waals surface area (Å²) in [6.07, 6.45) is 2.89. The van der Waals surface area contributed by atoms with E-state index in [1.54, 1.807) is 18.2 Å². The second kappa shape index (κ2) is 2.65. The third kappa shape index (κ3) is 1.03. The van der Waals surface area contributed by atoms with E-state index in [0.717, 1.165) is 0 Å². The molecular weight excluding hydrogens is 154 g/mol. The molecule has 0 saturated carbocycles. The number of para-hydroxylation sites is 2. The molecule has 0 amide bonds. The number of benzene rings is 1. The van der Waals surface area contributed by atoms with Crippen molar-refractivity contribution in [2.24, 2.45) is 0 Å². The van der Waals surface area contributed by atoms with Crippen molar-refractivity contribution in [2.75, 3.05) is 0 Å². The summed E-state index contributed by atoms with van der Waals surface area (Å²) < 4.78 is 1.45. The summed E-state index contributed by atoms with van der Waals surface area (Å²) in [4.78, 5) is 3.75. The van der Waals surface area contributed by atoms with Crippen LogP contribution in [0.4, 0.5) is 0 Å². The van der Waals surface area contributed by atoms with Crippen LogP contribution in [-0.2, 0) is 5.11 Å². The van der Waals surface area contributed by atoms with Gasteiger partial charge in [0, 0.05) is 0 Å². The molecule has 0 fully saturated rings. The van der Waals surface area contributed by atoms with Crippen molar-refractivity contribution in [3.8, 4) is 11.4 Å². The maximum absolute atomic E-state index is 11.2. The topological polar surface area (TPSA) is 50.6 Å². The van der Waals surface area contributed by atoms with Crippen LogP contribution >= 0.6 is 0 Å². The summed E-state index contributed by atoms with van der Waals surface area (Å²) in [5.41, 5.74) is 0.523. The first kappa shape index (κ1) is 6.84. The molecule has 0 aliphatic rings. The minimum absolute atomic E-state index is 0.0528. The van der Waals surface area contributed by atoms with Crippen molar-refractivity contribution in [3.05, 3.63) is 36.9 Å². The van der Waals surface area contributed by atoms with Gasteiger partial charge in [-0.3, -0.25) is 5.11 Å². The standard InChI is InChI=1S/C8H6N3O/c12-8-4-2-1-3-7(8)11-6-9-5-10-11/h1-6H. The molecule has 0 saturated heterocycles. The van der Waals surface area contributed by atoms with E-state index >= 15 is 0 Å². The Balaban J connectivity index is 2.55. The lowest BCUT2D eigenvalue weighted by Gasteiger charge is -1.98. The molecule has 0 bridgehead atoms. The summed E-state index contributed by atoms with van der Waals surface area (Å²) >= 11 is 0. The molecule has 4 heteroatoms. The number of hydrogen-bond acceptors (Lipinski definition) is 2. The number of nitrogens with zero attached hydrogens (tertiary/aromatic N) is 3. The Kier molecular flexibility index (Phi) is 1.51. The highest BCUT2D eigenvalue weighted by Crippen LogP contribution is 2.19. The molecule has 59 valence electrons. The lowest BCUT2D eigenvalue weighted by Crippen LogP contribution is -1.93. The van der Waals surface area contributed by atoms with Gasteiger partial charge in [0.25, 0.3) is 0 Å². The Morgan fingerprint density at radius 3 is 2.75 bits per heavy atom. The summed E-state index contributed by atoms with van der Waals surface area (Å²) in [6, 6.07) is 6.69. The highest BCUT2D eigenvalue weighted by Gasteiger charge is 2.02. The third-order valence-electron chi connectivity index (χ3n) is 1.53. The van der Waals surface area contributed by atoms with Gasteiger partial charge in [-0.05, 0) is 12.1 Å². The zero-order valence-corrected chi connectivity index (χ0v) is 6.21. The zero-order valence-electron chi connectivity index (χ0n) is 6.21. The quantitative estimate of drug-likeness (QED) is 0.633. The molecule has 2 rings (SSSR count). The predicted molar refractivity (Wildman–Crippen MR) is 41.5 cm³/mol. The van der Waals surface area contributed by atoms with Crippen molar-refractivity contribution < 1.29 is 5.11 Å². The van der Waals surface area contributed by atoms with Gasteiger partial charge in [-0.1, -0.05) is 12.1 Å². The van der Waals surface area contributed by atoms with Crippen LogP contribution in [-0.4, -0.2) is 14.8 Å². The number of aromatic nitrogens is 3. The van der Waals surface area contributed by atoms with Gasteiger partial charge in [0.1, 0.15) is 18.3 Å². The molecule has 0 spiro atoms. The average Bonchev–Trinajstić information content (AvgIpc) is 2.57. The van der Waals surface area contributed by atoms with E-state index in [2.05, 4.69) is 10.1 Å². The Hall–Kier alpha value is -1.84. The van der Waals surface area contributed by atoms with Gasteiger partial charge in [0.05, 0.1) is 0 Å². The molecule has 1 aromatic carbocycles. The highest BCUT2D eigenvalue weighted by molar-refractivity contribution is 5.43. The number of rotatable bonds is 1. The third-order valence-corrected chi connectivity index (χ3v) is 1.53. The van der Waals surface area contributed by atoms with Gasteiger partial charge in [0.2, 0.25) is 5.75 Å². The molecule has 12 heavy (non-hydrogen) atoms. The van der Waals surface area contributed by atoms with E-state index < -0.39 is 0 Å². The van der Waals surface area contributed by atoms with Gasteiger partial charge in [-0.25, -0.2) is 9.67 Å². The van der Waals surface area contributed by atoms with Crippen molar-refractivity contribution in [2.45, 2.75) is 0 Å². The molecule has 1 radical (unpaired) electrons. The van der Waals surface area contributed by atoms with Gasteiger partial charge < -0.3 is 0 Å². The Morgan fingerprint density at radius 2 is 2.08 bits per heavy atom. The van der Waals surface area contributed by atoms with Crippen LogP contribution in [0, 0.1) is 0 Å². The first-order chi connectivity index (χ1) is 5.88. The lowest BCUT2D eigenvalue weighted by atomic mass is 10.3. The second-order valence-corrected chi connectivity index (χ2v) is 2.31. The Bertz CT molecular complexity index is 370. The molecule has 0 unspecified atom stereocenters. The molecular formula is C8H6N3O. The van der Waals surface area contributed by atoms with Crippen molar-refractivity contribution >= 4 is 0 Å². The first-order valence-electron chi connectivity index (χ1n) is 3.49. The van der Waals surface area contributed by atoms with Crippen molar-refractivity contribution in [1.82, 2.24) is 14.8 Å². The Labute approximate surface area is 69.1 Å². The zero-order chi connectivity index (χ0) is 8.39. The van der Waals surface area contributed by atoms with Crippen LogP contribution in [0.25, 0.3) is 5.69 Å². The summed E-state index contributed by atoms with van der Waals surface area (Å²) in [5, 5.41) is 15.1. The normalized spacial score (nSPS) is 10.0. The van der Waals surface area contributed by atoms with E-state index in [-0.39, 0.29) is 5.75 Å². The van der Waals surface area contributed by atoms with Crippen LogP contribution in [0.5, 0.6) is 5.75 Å². The molecule has 0 atom stereocenters. The lowest BCUT2D eigenvalue weighted by molar-refractivity contribution is 0.352. The maximum Gasteiger partial charge on any atom is 0.204 e. The van der Waals surface area contributed by atoms with Crippen LogP contribution in [0.3, 0.4) is 0 Å². The van der Waals surface area contributed by atoms with Crippen LogP contribution in [0.2, 0.25) is 0 Å². The van der Waals surface area contributed by atoms with E-state index in [1.807, 2.05) is 0 Å². The molecule has 0 N–H and O–H groups in total. The SMILES string of the molecule is [O]c1ccccc1-n1cncn1. The van der Waals surface area contributed by atoms with Crippen LogP contribution in [0.15, 0.2) is 36.9 Å². The monoisotopic (exact) mass is 160 g/mol. The molecule has 4 nitrogen and oxygen atoms in total. The van der Waals surface area contributed by atoms with Crippen LogP contribution in [0.1, 0.15) is 0 Å². The highest BCUT2D eigenvalue weighted by atomic mass is 16.3.